The zero-order valence-electron chi connectivity index (χ0n) is 13.5. The van der Waals surface area contributed by atoms with E-state index in [1.165, 1.54) is 0 Å². The summed E-state index contributed by atoms with van der Waals surface area (Å²) < 4.78 is 5.55. The molecule has 2 rings (SSSR count). The van der Waals surface area contributed by atoms with E-state index in [1.54, 1.807) is 0 Å². The molecule has 5 nitrogen and oxygen atoms in total. The van der Waals surface area contributed by atoms with Gasteiger partial charge in [0.1, 0.15) is 4.60 Å². The van der Waals surface area contributed by atoms with Gasteiger partial charge in [0.15, 0.2) is 11.0 Å². The number of halogens is 2. The second-order valence-electron chi connectivity index (χ2n) is 5.64. The van der Waals surface area contributed by atoms with Gasteiger partial charge < -0.3 is 9.64 Å². The first-order chi connectivity index (χ1) is 11.1. The number of rotatable bonds is 8. The number of anilines is 1. The van der Waals surface area contributed by atoms with Crippen molar-refractivity contribution in [2.24, 2.45) is 0 Å². The van der Waals surface area contributed by atoms with Gasteiger partial charge in [-0.1, -0.05) is 24.4 Å². The van der Waals surface area contributed by atoms with Crippen LogP contribution in [0.5, 0.6) is 0 Å². The van der Waals surface area contributed by atoms with E-state index in [1.807, 2.05) is 6.92 Å². The highest BCUT2D eigenvalue weighted by atomic mass is 79.9. The van der Waals surface area contributed by atoms with Gasteiger partial charge in [-0.3, -0.25) is 4.79 Å². The van der Waals surface area contributed by atoms with Gasteiger partial charge in [0.2, 0.25) is 0 Å². The van der Waals surface area contributed by atoms with E-state index in [0.717, 1.165) is 63.1 Å². The van der Waals surface area contributed by atoms with Gasteiger partial charge in [-0.25, -0.2) is 9.97 Å². The van der Waals surface area contributed by atoms with Crippen LogP contribution in [-0.2, 0) is 16.0 Å². The van der Waals surface area contributed by atoms with Crippen LogP contribution in [0.2, 0.25) is 5.15 Å². The molecule has 1 aromatic heterocycles. The number of hydrogen-bond donors (Lipinski definition) is 0. The van der Waals surface area contributed by atoms with E-state index < -0.39 is 0 Å². The Morgan fingerprint density at radius 1 is 1.30 bits per heavy atom. The van der Waals surface area contributed by atoms with E-state index in [-0.39, 0.29) is 5.97 Å². The van der Waals surface area contributed by atoms with E-state index >= 15 is 0 Å². The van der Waals surface area contributed by atoms with Crippen molar-refractivity contribution in [2.45, 2.75) is 51.9 Å². The zero-order chi connectivity index (χ0) is 16.7. The molecule has 23 heavy (non-hydrogen) atoms. The van der Waals surface area contributed by atoms with Crippen LogP contribution in [0.25, 0.3) is 0 Å². The number of aryl methyl sites for hydroxylation is 1. The number of nitrogens with zero attached hydrogens (tertiary/aromatic N) is 3. The maximum Gasteiger partial charge on any atom is 0.305 e. The number of aromatic nitrogens is 2. The van der Waals surface area contributed by atoms with Gasteiger partial charge in [-0.2, -0.15) is 0 Å². The standard InChI is InChI=1S/C16H23BrClN3O2/c1-2-23-13(22)9-5-3-4-6-10-21-11-7-8-12-16(21)20-15(18)14(17)19-12/h2-11H2,1H3. The summed E-state index contributed by atoms with van der Waals surface area (Å²) in [4.78, 5) is 22.5. The third-order valence-electron chi connectivity index (χ3n) is 3.87. The first kappa shape index (κ1) is 18.5. The molecule has 1 aromatic rings. The fraction of sp³-hybridized carbons (Fsp3) is 0.688. The molecule has 0 bridgehead atoms. The number of ether oxygens (including phenoxy) is 1. The molecule has 0 spiro atoms. The van der Waals surface area contributed by atoms with Crippen LogP contribution < -0.4 is 4.90 Å². The molecule has 1 aliphatic rings. The van der Waals surface area contributed by atoms with Crippen LogP contribution in [0, 0.1) is 0 Å². The second kappa shape index (κ2) is 9.42. The normalized spacial score (nSPS) is 13.8. The number of hydrogen-bond acceptors (Lipinski definition) is 5. The lowest BCUT2D eigenvalue weighted by molar-refractivity contribution is -0.143. The number of esters is 1. The Hall–Kier alpha value is -0.880. The highest BCUT2D eigenvalue weighted by molar-refractivity contribution is 9.10. The van der Waals surface area contributed by atoms with Gasteiger partial charge in [0.25, 0.3) is 0 Å². The Balaban J connectivity index is 1.73. The third-order valence-corrected chi connectivity index (χ3v) is 4.92. The number of fused-ring (bicyclic) bond motifs is 1. The van der Waals surface area contributed by atoms with Crippen molar-refractivity contribution in [1.29, 1.82) is 0 Å². The topological polar surface area (TPSA) is 55.3 Å². The fourth-order valence-corrected chi connectivity index (χ4v) is 3.18. The van der Waals surface area contributed by atoms with Crippen LogP contribution >= 0.6 is 27.5 Å². The Morgan fingerprint density at radius 3 is 2.87 bits per heavy atom. The number of carbonyl (C=O) groups is 1. The minimum Gasteiger partial charge on any atom is -0.466 e. The number of carbonyl (C=O) groups excluding carboxylic acids is 1. The van der Waals surface area contributed by atoms with E-state index in [4.69, 9.17) is 16.3 Å². The van der Waals surface area contributed by atoms with Crippen LogP contribution in [0.1, 0.15) is 51.1 Å². The molecule has 0 unspecified atom stereocenters. The van der Waals surface area contributed by atoms with Crippen LogP contribution in [0.4, 0.5) is 5.82 Å². The van der Waals surface area contributed by atoms with Crippen LogP contribution in [-0.4, -0.2) is 35.6 Å². The molecule has 0 N–H and O–H groups in total. The highest BCUT2D eigenvalue weighted by Gasteiger charge is 2.21. The first-order valence-electron chi connectivity index (χ1n) is 8.24. The monoisotopic (exact) mass is 403 g/mol. The molecule has 0 aliphatic carbocycles. The summed E-state index contributed by atoms with van der Waals surface area (Å²) in [6.45, 7) is 4.26. The van der Waals surface area contributed by atoms with Crippen LogP contribution in [0.3, 0.4) is 0 Å². The molecule has 1 aliphatic heterocycles. The number of unbranched alkanes of at least 4 members (excludes halogenated alkanes) is 3. The summed E-state index contributed by atoms with van der Waals surface area (Å²) in [7, 11) is 0. The molecule has 2 heterocycles. The van der Waals surface area contributed by atoms with Gasteiger partial charge >= 0.3 is 5.97 Å². The smallest absolute Gasteiger partial charge is 0.305 e. The summed E-state index contributed by atoms with van der Waals surface area (Å²) >= 11 is 9.41. The second-order valence-corrected chi connectivity index (χ2v) is 6.74. The molecule has 0 fully saturated rings. The minimum absolute atomic E-state index is 0.0899. The first-order valence-corrected chi connectivity index (χ1v) is 9.41. The zero-order valence-corrected chi connectivity index (χ0v) is 15.8. The van der Waals surface area contributed by atoms with Crippen molar-refractivity contribution >= 4 is 39.3 Å². The van der Waals surface area contributed by atoms with E-state index in [2.05, 4.69) is 30.8 Å². The van der Waals surface area contributed by atoms with Crippen molar-refractivity contribution in [2.75, 3.05) is 24.6 Å². The van der Waals surface area contributed by atoms with E-state index in [9.17, 15) is 4.79 Å². The fourth-order valence-electron chi connectivity index (χ4n) is 2.76. The quantitative estimate of drug-likeness (QED) is 0.481. The minimum atomic E-state index is -0.0899. The molecule has 0 radical (unpaired) electrons. The molecule has 0 saturated carbocycles. The average molecular weight is 405 g/mol. The predicted octanol–water partition coefficient (Wildman–Crippen LogP) is 4.16. The van der Waals surface area contributed by atoms with Gasteiger partial charge in [0.05, 0.1) is 12.3 Å². The van der Waals surface area contributed by atoms with Gasteiger partial charge in [-0.15, -0.1) is 0 Å². The molecule has 7 heteroatoms. The lowest BCUT2D eigenvalue weighted by Crippen LogP contribution is -2.32. The largest absolute Gasteiger partial charge is 0.466 e. The van der Waals surface area contributed by atoms with Crippen molar-refractivity contribution in [1.82, 2.24) is 9.97 Å². The Kier molecular flexibility index (Phi) is 7.56. The molecular weight excluding hydrogens is 382 g/mol. The summed E-state index contributed by atoms with van der Waals surface area (Å²) in [5.41, 5.74) is 1.02. The van der Waals surface area contributed by atoms with Gasteiger partial charge in [-0.05, 0) is 48.5 Å². The van der Waals surface area contributed by atoms with Crippen molar-refractivity contribution in [3.8, 4) is 0 Å². The molecule has 0 aromatic carbocycles. The molecule has 0 saturated heterocycles. The maximum atomic E-state index is 11.3. The Labute approximate surface area is 150 Å². The SMILES string of the molecule is CCOC(=O)CCCCCCN1CCCc2nc(Br)c(Cl)nc21. The third kappa shape index (κ3) is 5.60. The summed E-state index contributed by atoms with van der Waals surface area (Å²) in [5.74, 6) is 0.837. The van der Waals surface area contributed by atoms with Crippen molar-refractivity contribution < 1.29 is 9.53 Å². The average Bonchev–Trinajstić information content (AvgIpc) is 2.52. The molecular formula is C16H23BrClN3O2. The molecule has 0 amide bonds. The Bertz CT molecular complexity index is 542. The summed E-state index contributed by atoms with van der Waals surface area (Å²) in [6.07, 6.45) is 6.70. The van der Waals surface area contributed by atoms with E-state index in [0.29, 0.717) is 22.8 Å². The summed E-state index contributed by atoms with van der Waals surface area (Å²) in [6, 6.07) is 0. The van der Waals surface area contributed by atoms with Gasteiger partial charge in [0, 0.05) is 19.5 Å². The van der Waals surface area contributed by atoms with Crippen molar-refractivity contribution in [3.63, 3.8) is 0 Å². The Morgan fingerprint density at radius 2 is 2.09 bits per heavy atom. The molecule has 0 atom stereocenters. The lowest BCUT2D eigenvalue weighted by atomic mass is 10.1. The molecule has 128 valence electrons. The predicted molar refractivity (Wildman–Crippen MR) is 95.0 cm³/mol. The van der Waals surface area contributed by atoms with Crippen LogP contribution in [0.15, 0.2) is 4.60 Å². The highest BCUT2D eigenvalue weighted by Crippen LogP contribution is 2.29. The summed E-state index contributed by atoms with van der Waals surface area (Å²) in [5, 5.41) is 0.421. The van der Waals surface area contributed by atoms with Crippen molar-refractivity contribution in [3.05, 3.63) is 15.5 Å². The maximum absolute atomic E-state index is 11.3. The lowest BCUT2D eigenvalue weighted by Gasteiger charge is -2.29.